The molecule has 0 aromatic heterocycles. The standard InChI is InChI=1S/C7H17NOS/c1-6(4-8)10-5-7(2,3)9/h6,9H,4-5,8H2,1-3H3. The second-order valence-corrected chi connectivity index (χ2v) is 4.60. The van der Waals surface area contributed by atoms with Gasteiger partial charge in [0, 0.05) is 17.5 Å². The predicted octanol–water partition coefficient (Wildman–Crippen LogP) is 0.838. The normalized spacial score (nSPS) is 15.3. The van der Waals surface area contributed by atoms with E-state index in [9.17, 15) is 5.11 Å². The molecule has 0 fully saturated rings. The van der Waals surface area contributed by atoms with Crippen LogP contribution in [0.15, 0.2) is 0 Å². The lowest BCUT2D eigenvalue weighted by Crippen LogP contribution is -2.25. The molecule has 0 aliphatic rings. The smallest absolute Gasteiger partial charge is 0.0681 e. The molecule has 62 valence electrons. The second-order valence-electron chi connectivity index (χ2n) is 3.17. The van der Waals surface area contributed by atoms with Crippen LogP contribution in [0.5, 0.6) is 0 Å². The van der Waals surface area contributed by atoms with Crippen LogP contribution in [-0.4, -0.2) is 28.3 Å². The van der Waals surface area contributed by atoms with Gasteiger partial charge < -0.3 is 10.8 Å². The Morgan fingerprint density at radius 2 is 2.10 bits per heavy atom. The van der Waals surface area contributed by atoms with Gasteiger partial charge in [0.2, 0.25) is 0 Å². The van der Waals surface area contributed by atoms with Gasteiger partial charge in [-0.3, -0.25) is 0 Å². The van der Waals surface area contributed by atoms with Crippen molar-refractivity contribution in [1.29, 1.82) is 0 Å². The lowest BCUT2D eigenvalue weighted by Gasteiger charge is -2.18. The van der Waals surface area contributed by atoms with Crippen molar-refractivity contribution in [3.63, 3.8) is 0 Å². The van der Waals surface area contributed by atoms with Gasteiger partial charge in [-0.25, -0.2) is 0 Å². The Labute approximate surface area is 67.2 Å². The van der Waals surface area contributed by atoms with E-state index in [2.05, 4.69) is 6.92 Å². The third-order valence-corrected chi connectivity index (χ3v) is 2.69. The van der Waals surface area contributed by atoms with Gasteiger partial charge in [0.1, 0.15) is 0 Å². The average molecular weight is 163 g/mol. The van der Waals surface area contributed by atoms with Crippen molar-refractivity contribution in [2.45, 2.75) is 31.6 Å². The molecule has 0 aliphatic carbocycles. The monoisotopic (exact) mass is 163 g/mol. The molecule has 0 bridgehead atoms. The van der Waals surface area contributed by atoms with Crippen LogP contribution in [0.2, 0.25) is 0 Å². The zero-order chi connectivity index (χ0) is 8.20. The quantitative estimate of drug-likeness (QED) is 0.645. The lowest BCUT2D eigenvalue weighted by molar-refractivity contribution is 0.107. The molecule has 0 aliphatic heterocycles. The number of hydrogen-bond donors (Lipinski definition) is 2. The Balaban J connectivity index is 3.36. The van der Waals surface area contributed by atoms with Gasteiger partial charge in [-0.1, -0.05) is 6.92 Å². The van der Waals surface area contributed by atoms with Crippen LogP contribution in [0, 0.1) is 0 Å². The first-order chi connectivity index (χ1) is 4.45. The van der Waals surface area contributed by atoms with E-state index in [1.807, 2.05) is 13.8 Å². The first kappa shape index (κ1) is 10.3. The number of rotatable bonds is 4. The molecule has 1 atom stereocenters. The van der Waals surface area contributed by atoms with E-state index < -0.39 is 5.60 Å². The van der Waals surface area contributed by atoms with Crippen LogP contribution in [0.3, 0.4) is 0 Å². The maximum Gasteiger partial charge on any atom is 0.0681 e. The molecule has 10 heavy (non-hydrogen) atoms. The SMILES string of the molecule is CC(CN)SCC(C)(C)O. The third-order valence-electron chi connectivity index (χ3n) is 1.05. The van der Waals surface area contributed by atoms with Gasteiger partial charge in [-0.05, 0) is 13.8 Å². The summed E-state index contributed by atoms with van der Waals surface area (Å²) >= 11 is 1.71. The van der Waals surface area contributed by atoms with E-state index in [-0.39, 0.29) is 0 Å². The first-order valence-corrected chi connectivity index (χ1v) is 4.54. The Morgan fingerprint density at radius 3 is 2.40 bits per heavy atom. The zero-order valence-electron chi connectivity index (χ0n) is 6.92. The van der Waals surface area contributed by atoms with Crippen molar-refractivity contribution in [3.8, 4) is 0 Å². The Hall–Kier alpha value is 0.270. The minimum absolute atomic E-state index is 0.450. The van der Waals surface area contributed by atoms with Crippen LogP contribution in [0.1, 0.15) is 20.8 Å². The van der Waals surface area contributed by atoms with Crippen molar-refractivity contribution in [2.75, 3.05) is 12.3 Å². The van der Waals surface area contributed by atoms with Crippen LogP contribution in [0.25, 0.3) is 0 Å². The molecule has 0 rings (SSSR count). The van der Waals surface area contributed by atoms with Crippen LogP contribution in [0.4, 0.5) is 0 Å². The fraction of sp³-hybridized carbons (Fsp3) is 1.00. The lowest BCUT2D eigenvalue weighted by atomic mass is 10.2. The number of thioether (sulfide) groups is 1. The number of aliphatic hydroxyl groups is 1. The van der Waals surface area contributed by atoms with Crippen molar-refractivity contribution >= 4 is 11.8 Å². The highest BCUT2D eigenvalue weighted by Crippen LogP contribution is 2.16. The van der Waals surface area contributed by atoms with E-state index in [1.165, 1.54) is 0 Å². The van der Waals surface area contributed by atoms with Crippen LogP contribution >= 0.6 is 11.8 Å². The highest BCUT2D eigenvalue weighted by molar-refractivity contribution is 7.99. The summed E-state index contributed by atoms with van der Waals surface area (Å²) in [4.78, 5) is 0. The fourth-order valence-electron chi connectivity index (χ4n) is 0.414. The summed E-state index contributed by atoms with van der Waals surface area (Å²) in [5.41, 5.74) is 4.84. The molecule has 3 N–H and O–H groups in total. The Bertz CT molecular complexity index is 90.1. The molecule has 0 heterocycles. The molecule has 1 unspecified atom stereocenters. The number of nitrogens with two attached hydrogens (primary N) is 1. The highest BCUT2D eigenvalue weighted by Gasteiger charge is 2.13. The van der Waals surface area contributed by atoms with Crippen molar-refractivity contribution < 1.29 is 5.11 Å². The van der Waals surface area contributed by atoms with Gasteiger partial charge in [0.15, 0.2) is 0 Å². The van der Waals surface area contributed by atoms with Crippen LogP contribution < -0.4 is 5.73 Å². The maximum atomic E-state index is 9.30. The summed E-state index contributed by atoms with van der Waals surface area (Å²) in [6.45, 7) is 6.36. The number of hydrogen-bond acceptors (Lipinski definition) is 3. The fourth-order valence-corrected chi connectivity index (χ4v) is 1.24. The minimum atomic E-state index is -0.561. The topological polar surface area (TPSA) is 46.2 Å². The van der Waals surface area contributed by atoms with E-state index >= 15 is 0 Å². The molecule has 0 saturated carbocycles. The summed E-state index contributed by atoms with van der Waals surface area (Å²) in [6.07, 6.45) is 0. The van der Waals surface area contributed by atoms with Gasteiger partial charge in [0.25, 0.3) is 0 Å². The molecular formula is C7H17NOS. The van der Waals surface area contributed by atoms with Crippen molar-refractivity contribution in [1.82, 2.24) is 0 Å². The minimum Gasteiger partial charge on any atom is -0.390 e. The largest absolute Gasteiger partial charge is 0.390 e. The maximum absolute atomic E-state index is 9.30. The molecular weight excluding hydrogens is 146 g/mol. The molecule has 0 aromatic rings. The van der Waals surface area contributed by atoms with Gasteiger partial charge in [-0.2, -0.15) is 11.8 Å². The van der Waals surface area contributed by atoms with E-state index in [0.717, 1.165) is 5.75 Å². The van der Waals surface area contributed by atoms with Gasteiger partial charge in [0.05, 0.1) is 5.60 Å². The summed E-state index contributed by atoms with van der Waals surface area (Å²) < 4.78 is 0. The molecule has 3 heteroatoms. The highest BCUT2D eigenvalue weighted by atomic mass is 32.2. The predicted molar refractivity (Wildman–Crippen MR) is 47.3 cm³/mol. The molecule has 0 amide bonds. The first-order valence-electron chi connectivity index (χ1n) is 3.50. The second kappa shape index (κ2) is 4.21. The molecule has 0 radical (unpaired) electrons. The Morgan fingerprint density at radius 1 is 1.60 bits per heavy atom. The zero-order valence-corrected chi connectivity index (χ0v) is 7.74. The van der Waals surface area contributed by atoms with E-state index in [1.54, 1.807) is 11.8 Å². The van der Waals surface area contributed by atoms with E-state index in [4.69, 9.17) is 5.73 Å². The summed E-state index contributed by atoms with van der Waals surface area (Å²) in [5, 5.41) is 9.75. The van der Waals surface area contributed by atoms with Gasteiger partial charge >= 0.3 is 0 Å². The van der Waals surface area contributed by atoms with Gasteiger partial charge in [-0.15, -0.1) is 0 Å². The summed E-state index contributed by atoms with van der Waals surface area (Å²) in [5.74, 6) is 0.755. The van der Waals surface area contributed by atoms with E-state index in [0.29, 0.717) is 11.8 Å². The van der Waals surface area contributed by atoms with Crippen molar-refractivity contribution in [2.24, 2.45) is 5.73 Å². The molecule has 0 spiro atoms. The summed E-state index contributed by atoms with van der Waals surface area (Å²) in [6, 6.07) is 0. The Kier molecular flexibility index (Phi) is 4.32. The van der Waals surface area contributed by atoms with Crippen molar-refractivity contribution in [3.05, 3.63) is 0 Å². The molecule has 0 aromatic carbocycles. The molecule has 2 nitrogen and oxygen atoms in total. The summed E-state index contributed by atoms with van der Waals surface area (Å²) in [7, 11) is 0. The molecule has 0 saturated heterocycles. The average Bonchev–Trinajstić information content (AvgIpc) is 1.81. The van der Waals surface area contributed by atoms with Crippen LogP contribution in [-0.2, 0) is 0 Å². The third kappa shape index (κ3) is 6.39.